The normalized spacial score (nSPS) is 19.8. The maximum absolute atomic E-state index is 12.7. The van der Waals surface area contributed by atoms with Crippen LogP contribution in [0.5, 0.6) is 0 Å². The topological polar surface area (TPSA) is 78.0 Å². The molecule has 0 aliphatic carbocycles. The van der Waals surface area contributed by atoms with E-state index in [-0.39, 0.29) is 17.8 Å². The quantitative estimate of drug-likeness (QED) is 0.442. The highest BCUT2D eigenvalue weighted by molar-refractivity contribution is 9.08. The van der Waals surface area contributed by atoms with Gasteiger partial charge in [0.25, 0.3) is 0 Å². The average molecular weight is 523 g/mol. The summed E-state index contributed by atoms with van der Waals surface area (Å²) in [5.74, 6) is 0.592. The van der Waals surface area contributed by atoms with E-state index < -0.39 is 0 Å². The van der Waals surface area contributed by atoms with Crippen LogP contribution in [0, 0.1) is 11.3 Å². The lowest BCUT2D eigenvalue weighted by Gasteiger charge is -2.49. The molecule has 0 spiro atoms. The highest BCUT2D eigenvalue weighted by atomic mass is 79.9. The van der Waals surface area contributed by atoms with Gasteiger partial charge in [-0.05, 0) is 43.0 Å². The molecule has 0 N–H and O–H groups in total. The predicted octanol–water partition coefficient (Wildman–Crippen LogP) is 4.54. The number of anilines is 1. The number of rotatable bonds is 6. The molecule has 1 saturated heterocycles. The first kappa shape index (κ1) is 24.4. The van der Waals surface area contributed by atoms with Crippen molar-refractivity contribution >= 4 is 32.8 Å². The Morgan fingerprint density at radius 3 is 2.41 bits per heavy atom. The summed E-state index contributed by atoms with van der Waals surface area (Å²) in [5, 5.41) is 10.3. The average Bonchev–Trinajstić information content (AvgIpc) is 2.89. The summed E-state index contributed by atoms with van der Waals surface area (Å²) in [6.45, 7) is 8.29. The second-order valence-corrected chi connectivity index (χ2v) is 9.54. The molecule has 7 nitrogen and oxygen atoms in total. The van der Waals surface area contributed by atoms with Gasteiger partial charge in [-0.15, -0.1) is 0 Å². The zero-order chi connectivity index (χ0) is 24.4. The third kappa shape index (κ3) is 4.47. The molecule has 8 heteroatoms. The number of halogens is 1. The van der Waals surface area contributed by atoms with Gasteiger partial charge in [0.2, 0.25) is 0 Å². The van der Waals surface area contributed by atoms with E-state index in [2.05, 4.69) is 86.8 Å². The number of benzene rings is 1. The van der Waals surface area contributed by atoms with Crippen molar-refractivity contribution in [2.75, 3.05) is 18.0 Å². The molecule has 1 aliphatic rings. The molecular formula is C26H31BrN6O. The molecule has 2 unspecified atom stereocenters. The minimum absolute atomic E-state index is 0.183. The maximum atomic E-state index is 12.7. The molecular weight excluding hydrogens is 492 g/mol. The molecule has 1 aromatic carbocycles. The molecule has 178 valence electrons. The number of nitriles is 1. The van der Waals surface area contributed by atoms with Gasteiger partial charge in [0.05, 0.1) is 5.52 Å². The Bertz CT molecular complexity index is 1270. The molecule has 0 saturated carbocycles. The fourth-order valence-corrected chi connectivity index (χ4v) is 5.34. The van der Waals surface area contributed by atoms with Gasteiger partial charge in [0, 0.05) is 43.6 Å². The molecule has 1 aliphatic heterocycles. The minimum Gasteiger partial charge on any atom is -0.349 e. The van der Waals surface area contributed by atoms with Crippen LogP contribution in [0.25, 0.3) is 11.0 Å². The summed E-state index contributed by atoms with van der Waals surface area (Å²) in [7, 11) is 1.70. The van der Waals surface area contributed by atoms with Gasteiger partial charge in [-0.25, -0.2) is 9.78 Å². The van der Waals surface area contributed by atoms with Crippen molar-refractivity contribution in [2.45, 2.75) is 57.1 Å². The van der Waals surface area contributed by atoms with E-state index in [1.807, 2.05) is 0 Å². The second kappa shape index (κ2) is 10.2. The van der Waals surface area contributed by atoms with Crippen LogP contribution in [-0.2, 0) is 12.4 Å². The van der Waals surface area contributed by atoms with Gasteiger partial charge < -0.3 is 4.90 Å². The Balaban J connectivity index is 1.73. The number of aromatic nitrogens is 3. The summed E-state index contributed by atoms with van der Waals surface area (Å²) in [4.78, 5) is 26.6. The molecule has 3 aromatic rings. The van der Waals surface area contributed by atoms with E-state index in [0.717, 1.165) is 31.3 Å². The summed E-state index contributed by atoms with van der Waals surface area (Å²) >= 11 is 3.53. The third-order valence-electron chi connectivity index (χ3n) is 7.12. The summed E-state index contributed by atoms with van der Waals surface area (Å²) < 4.78 is 1.50. The van der Waals surface area contributed by atoms with E-state index in [0.29, 0.717) is 28.6 Å². The highest BCUT2D eigenvalue weighted by Crippen LogP contribution is 2.33. The Hall–Kier alpha value is -2.76. The molecule has 0 bridgehead atoms. The Kier molecular flexibility index (Phi) is 7.34. The third-order valence-corrected chi connectivity index (χ3v) is 7.76. The lowest BCUT2D eigenvalue weighted by atomic mass is 9.96. The molecule has 1 fully saturated rings. The molecule has 3 atom stereocenters. The number of nitrogens with zero attached hydrogens (tertiary/aromatic N) is 6. The maximum Gasteiger partial charge on any atom is 0.349 e. The fourth-order valence-electron chi connectivity index (χ4n) is 4.97. The van der Waals surface area contributed by atoms with Crippen LogP contribution in [0.3, 0.4) is 0 Å². The SMILES string of the molecule is CCC1CN(C(C)c2ccc(CBr)cc2)[C@H](CC)CN1c1nc(=O)n(C)c2ccc(C#N)nc12. The van der Waals surface area contributed by atoms with Gasteiger partial charge >= 0.3 is 5.69 Å². The molecule has 34 heavy (non-hydrogen) atoms. The number of fused-ring (bicyclic) bond motifs is 1. The van der Waals surface area contributed by atoms with Crippen molar-refractivity contribution in [1.29, 1.82) is 5.26 Å². The van der Waals surface area contributed by atoms with E-state index in [4.69, 9.17) is 0 Å². The van der Waals surface area contributed by atoms with E-state index in [9.17, 15) is 10.1 Å². The van der Waals surface area contributed by atoms with Gasteiger partial charge in [0.15, 0.2) is 5.82 Å². The van der Waals surface area contributed by atoms with E-state index in [1.54, 1.807) is 19.2 Å². The largest absolute Gasteiger partial charge is 0.349 e. The Morgan fingerprint density at radius 1 is 1.09 bits per heavy atom. The fraction of sp³-hybridized carbons (Fsp3) is 0.462. The van der Waals surface area contributed by atoms with E-state index in [1.165, 1.54) is 15.7 Å². The van der Waals surface area contributed by atoms with Crippen LogP contribution in [0.1, 0.15) is 56.5 Å². The lowest BCUT2D eigenvalue weighted by molar-refractivity contribution is 0.101. The first-order valence-corrected chi connectivity index (χ1v) is 13.0. The van der Waals surface area contributed by atoms with Crippen LogP contribution in [0.2, 0.25) is 0 Å². The first-order chi connectivity index (χ1) is 16.4. The van der Waals surface area contributed by atoms with Crippen molar-refractivity contribution in [3.63, 3.8) is 0 Å². The van der Waals surface area contributed by atoms with Gasteiger partial charge in [0.1, 0.15) is 17.3 Å². The number of pyridine rings is 1. The number of hydrogen-bond acceptors (Lipinski definition) is 6. The van der Waals surface area contributed by atoms with Crippen molar-refractivity contribution in [1.82, 2.24) is 19.4 Å². The van der Waals surface area contributed by atoms with Gasteiger partial charge in [-0.2, -0.15) is 10.2 Å². The van der Waals surface area contributed by atoms with Crippen molar-refractivity contribution in [2.24, 2.45) is 7.05 Å². The summed E-state index contributed by atoms with van der Waals surface area (Å²) in [5.41, 5.74) is 3.91. The molecule has 4 rings (SSSR count). The van der Waals surface area contributed by atoms with Crippen molar-refractivity contribution in [3.8, 4) is 6.07 Å². The number of aryl methyl sites for hydroxylation is 1. The minimum atomic E-state index is -0.306. The monoisotopic (exact) mass is 522 g/mol. The van der Waals surface area contributed by atoms with Crippen molar-refractivity contribution in [3.05, 3.63) is 63.7 Å². The number of piperazine rings is 1. The second-order valence-electron chi connectivity index (χ2n) is 8.98. The summed E-state index contributed by atoms with van der Waals surface area (Å²) in [6, 6.07) is 15.1. The Labute approximate surface area is 209 Å². The van der Waals surface area contributed by atoms with Crippen LogP contribution in [0.15, 0.2) is 41.2 Å². The van der Waals surface area contributed by atoms with E-state index >= 15 is 0 Å². The molecule has 0 amide bonds. The Morgan fingerprint density at radius 2 is 1.79 bits per heavy atom. The predicted molar refractivity (Wildman–Crippen MR) is 139 cm³/mol. The first-order valence-electron chi connectivity index (χ1n) is 11.9. The van der Waals surface area contributed by atoms with Crippen LogP contribution >= 0.6 is 15.9 Å². The number of hydrogen-bond donors (Lipinski definition) is 0. The zero-order valence-corrected chi connectivity index (χ0v) is 21.8. The van der Waals surface area contributed by atoms with Gasteiger partial charge in [-0.3, -0.25) is 9.47 Å². The van der Waals surface area contributed by atoms with Gasteiger partial charge in [-0.1, -0.05) is 54.0 Å². The zero-order valence-electron chi connectivity index (χ0n) is 20.2. The van der Waals surface area contributed by atoms with Crippen molar-refractivity contribution < 1.29 is 0 Å². The van der Waals surface area contributed by atoms with Crippen LogP contribution in [-0.4, -0.2) is 44.6 Å². The van der Waals surface area contributed by atoms with Crippen LogP contribution < -0.4 is 10.6 Å². The highest BCUT2D eigenvalue weighted by Gasteiger charge is 2.36. The lowest BCUT2D eigenvalue weighted by Crippen LogP contribution is -2.59. The van der Waals surface area contributed by atoms with Crippen LogP contribution in [0.4, 0.5) is 5.82 Å². The smallest absolute Gasteiger partial charge is 0.349 e. The standard InChI is InChI=1S/C26H31BrN6O/c1-5-21-16-33(25-24-23(31(4)26(34)30-25)12-11-20(14-28)29-24)22(6-2)15-32(21)17(3)19-9-7-18(13-27)8-10-19/h7-12,17,21-22H,5-6,13,15-16H2,1-4H3/t17?,21-,22?/m1/s1. The molecule has 0 radical (unpaired) electrons. The number of alkyl halides is 1. The molecule has 2 aromatic heterocycles. The molecule has 3 heterocycles. The summed E-state index contributed by atoms with van der Waals surface area (Å²) in [6.07, 6.45) is 1.90.